The molecule has 0 spiro atoms. The van der Waals surface area contributed by atoms with Gasteiger partial charge in [-0.3, -0.25) is 0 Å². The van der Waals surface area contributed by atoms with Gasteiger partial charge in [0.25, 0.3) is 0 Å². The van der Waals surface area contributed by atoms with Crippen molar-refractivity contribution in [2.75, 3.05) is 26.2 Å². The van der Waals surface area contributed by atoms with Gasteiger partial charge in [0.2, 0.25) is 0 Å². The summed E-state index contributed by atoms with van der Waals surface area (Å²) in [6, 6.07) is 0. The van der Waals surface area contributed by atoms with Gasteiger partial charge < -0.3 is 19.8 Å². The summed E-state index contributed by atoms with van der Waals surface area (Å²) in [6.07, 6.45) is 3.22. The number of rotatable bonds is 12. The number of nitrogens with zero attached hydrogens (tertiary/aromatic N) is 1. The predicted molar refractivity (Wildman–Crippen MR) is 83.5 cm³/mol. The van der Waals surface area contributed by atoms with E-state index in [0.29, 0.717) is 24.1 Å². The quantitative estimate of drug-likeness (QED) is 0.481. The average molecular weight is 290 g/mol. The first-order chi connectivity index (χ1) is 9.42. The molecule has 3 atom stereocenters. The van der Waals surface area contributed by atoms with Gasteiger partial charge in [0, 0.05) is 0 Å². The first kappa shape index (κ1) is 19.8. The van der Waals surface area contributed by atoms with Crippen molar-refractivity contribution in [1.29, 1.82) is 0 Å². The fraction of sp³-hybridized carbons (Fsp3) is 1.00. The summed E-state index contributed by atoms with van der Waals surface area (Å²) in [4.78, 5) is 0. The Balaban J connectivity index is 5.03. The summed E-state index contributed by atoms with van der Waals surface area (Å²) in [6.45, 7) is 10.9. The summed E-state index contributed by atoms with van der Waals surface area (Å²) in [7, 11) is 0. The number of hydrogen-bond acceptors (Lipinski definition) is 3. The van der Waals surface area contributed by atoms with Crippen LogP contribution < -0.4 is 0 Å². The van der Waals surface area contributed by atoms with Crippen molar-refractivity contribution < 1.29 is 19.8 Å². The van der Waals surface area contributed by atoms with E-state index < -0.39 is 0 Å². The molecule has 3 N–H and O–H groups in total. The van der Waals surface area contributed by atoms with Crippen LogP contribution in [0.1, 0.15) is 59.8 Å². The molecule has 0 saturated carbocycles. The Kier molecular flexibility index (Phi) is 10.5. The topological polar surface area (TPSA) is 60.7 Å². The zero-order chi connectivity index (χ0) is 15.6. The van der Waals surface area contributed by atoms with Crippen LogP contribution in [0.5, 0.6) is 0 Å². The van der Waals surface area contributed by atoms with E-state index in [4.69, 9.17) is 0 Å². The van der Waals surface area contributed by atoms with E-state index in [1.165, 1.54) is 0 Å². The van der Waals surface area contributed by atoms with Crippen LogP contribution in [0.4, 0.5) is 0 Å². The lowest BCUT2D eigenvalue weighted by atomic mass is 10.1. The SMILES string of the molecule is CCCC[N+](CC(O)CC)(CC(O)CC)CC(O)CC. The summed E-state index contributed by atoms with van der Waals surface area (Å²) in [5.74, 6) is 0. The van der Waals surface area contributed by atoms with Crippen LogP contribution in [0.15, 0.2) is 0 Å². The van der Waals surface area contributed by atoms with Crippen molar-refractivity contribution in [2.24, 2.45) is 0 Å². The van der Waals surface area contributed by atoms with Gasteiger partial charge >= 0.3 is 0 Å². The largest absolute Gasteiger partial charge is 0.387 e. The number of unbranched alkanes of at least 4 members (excludes halogenated alkanes) is 1. The molecule has 0 bridgehead atoms. The molecule has 0 aliphatic rings. The van der Waals surface area contributed by atoms with E-state index >= 15 is 0 Å². The zero-order valence-corrected chi connectivity index (χ0v) is 13.9. The van der Waals surface area contributed by atoms with Gasteiger partial charge in [-0.25, -0.2) is 0 Å². The molecule has 4 heteroatoms. The smallest absolute Gasteiger partial charge is 0.105 e. The first-order valence-electron chi connectivity index (χ1n) is 8.32. The third kappa shape index (κ3) is 7.58. The Bertz CT molecular complexity index is 204. The molecule has 0 aromatic carbocycles. The minimum absolute atomic E-state index is 0.361. The Hall–Kier alpha value is -0.160. The molecular formula is C16H36NO3+. The molecule has 0 heterocycles. The Morgan fingerprint density at radius 2 is 1.05 bits per heavy atom. The van der Waals surface area contributed by atoms with Gasteiger partial charge in [0.05, 0.1) is 6.54 Å². The van der Waals surface area contributed by atoms with Crippen molar-refractivity contribution >= 4 is 0 Å². The van der Waals surface area contributed by atoms with E-state index in [1.54, 1.807) is 0 Å². The summed E-state index contributed by atoms with van der Waals surface area (Å²) in [5, 5.41) is 30.3. The number of aliphatic hydroxyl groups excluding tert-OH is 3. The molecule has 0 aliphatic heterocycles. The van der Waals surface area contributed by atoms with Crippen LogP contribution >= 0.6 is 0 Å². The van der Waals surface area contributed by atoms with Crippen molar-refractivity contribution in [3.63, 3.8) is 0 Å². The van der Waals surface area contributed by atoms with Crippen LogP contribution in [-0.2, 0) is 0 Å². The summed E-state index contributed by atoms with van der Waals surface area (Å²) >= 11 is 0. The number of hydrogen-bond donors (Lipinski definition) is 3. The van der Waals surface area contributed by atoms with Crippen molar-refractivity contribution in [3.8, 4) is 0 Å². The van der Waals surface area contributed by atoms with E-state index in [2.05, 4.69) is 6.92 Å². The van der Waals surface area contributed by atoms with Gasteiger partial charge in [-0.05, 0) is 25.7 Å². The normalized spacial score (nSPS) is 19.4. The molecule has 0 aromatic rings. The third-order valence-corrected chi connectivity index (χ3v) is 4.19. The molecule has 4 nitrogen and oxygen atoms in total. The monoisotopic (exact) mass is 290 g/mol. The van der Waals surface area contributed by atoms with E-state index in [9.17, 15) is 15.3 Å². The number of quaternary nitrogens is 1. The molecule has 122 valence electrons. The highest BCUT2D eigenvalue weighted by Gasteiger charge is 2.33. The first-order valence-corrected chi connectivity index (χ1v) is 8.32. The Morgan fingerprint density at radius 1 is 0.700 bits per heavy atom. The molecule has 0 amide bonds. The summed E-state index contributed by atoms with van der Waals surface area (Å²) in [5.41, 5.74) is 0. The zero-order valence-electron chi connectivity index (χ0n) is 13.9. The maximum atomic E-state index is 10.1. The van der Waals surface area contributed by atoms with Gasteiger partial charge in [0.15, 0.2) is 0 Å². The lowest BCUT2D eigenvalue weighted by Gasteiger charge is -2.42. The van der Waals surface area contributed by atoms with E-state index in [0.717, 1.165) is 38.6 Å². The summed E-state index contributed by atoms with van der Waals surface area (Å²) < 4.78 is 0.632. The van der Waals surface area contributed by atoms with Crippen LogP contribution in [-0.4, -0.2) is 64.3 Å². The van der Waals surface area contributed by atoms with Crippen LogP contribution in [0.3, 0.4) is 0 Å². The minimum Gasteiger partial charge on any atom is -0.387 e. The molecule has 0 radical (unpaired) electrons. The second kappa shape index (κ2) is 10.6. The molecule has 0 aliphatic carbocycles. The highest BCUT2D eigenvalue weighted by Crippen LogP contribution is 2.17. The average Bonchev–Trinajstić information content (AvgIpc) is 2.44. The van der Waals surface area contributed by atoms with Crippen LogP contribution in [0.25, 0.3) is 0 Å². The van der Waals surface area contributed by atoms with Crippen LogP contribution in [0.2, 0.25) is 0 Å². The molecule has 3 unspecified atom stereocenters. The van der Waals surface area contributed by atoms with E-state index in [-0.39, 0.29) is 18.3 Å². The molecule has 20 heavy (non-hydrogen) atoms. The van der Waals surface area contributed by atoms with E-state index in [1.807, 2.05) is 20.8 Å². The van der Waals surface area contributed by atoms with Gasteiger partial charge in [-0.2, -0.15) is 0 Å². The Labute approximate surface area is 125 Å². The standard InChI is InChI=1S/C16H36NO3/c1-5-9-10-17(11-14(18)6-2,12-15(19)7-3)13-16(20)8-4/h14-16,18-20H,5-13H2,1-4H3/q+1. The molecule has 0 saturated heterocycles. The lowest BCUT2D eigenvalue weighted by molar-refractivity contribution is -0.936. The maximum Gasteiger partial charge on any atom is 0.105 e. The maximum absolute atomic E-state index is 10.1. The van der Waals surface area contributed by atoms with Crippen LogP contribution in [0, 0.1) is 0 Å². The molecule has 0 aromatic heterocycles. The highest BCUT2D eigenvalue weighted by molar-refractivity contribution is 4.62. The van der Waals surface area contributed by atoms with Gasteiger partial charge in [0.1, 0.15) is 37.9 Å². The second-order valence-corrected chi connectivity index (χ2v) is 6.15. The minimum atomic E-state index is -0.361. The van der Waals surface area contributed by atoms with Crippen molar-refractivity contribution in [2.45, 2.75) is 78.1 Å². The third-order valence-electron chi connectivity index (χ3n) is 4.19. The van der Waals surface area contributed by atoms with Crippen molar-refractivity contribution in [3.05, 3.63) is 0 Å². The molecule has 0 rings (SSSR count). The second-order valence-electron chi connectivity index (χ2n) is 6.15. The van der Waals surface area contributed by atoms with Gasteiger partial charge in [-0.15, -0.1) is 0 Å². The number of aliphatic hydroxyl groups is 3. The fourth-order valence-corrected chi connectivity index (χ4v) is 2.72. The lowest BCUT2D eigenvalue weighted by Crippen LogP contribution is -2.59. The highest BCUT2D eigenvalue weighted by atomic mass is 16.3. The Morgan fingerprint density at radius 3 is 1.30 bits per heavy atom. The fourth-order valence-electron chi connectivity index (χ4n) is 2.72. The molecule has 0 fully saturated rings. The van der Waals surface area contributed by atoms with Crippen molar-refractivity contribution in [1.82, 2.24) is 0 Å². The molecular weight excluding hydrogens is 254 g/mol. The predicted octanol–water partition coefficient (Wildman–Crippen LogP) is 1.92. The van der Waals surface area contributed by atoms with Gasteiger partial charge in [-0.1, -0.05) is 34.1 Å².